The Kier molecular flexibility index (Phi) is 4.97. The molecule has 0 fully saturated rings. The van der Waals surface area contributed by atoms with Crippen molar-refractivity contribution in [3.05, 3.63) is 15.7 Å². The van der Waals surface area contributed by atoms with Crippen molar-refractivity contribution in [3.63, 3.8) is 0 Å². The van der Waals surface area contributed by atoms with Crippen molar-refractivity contribution >= 4 is 44.9 Å². The van der Waals surface area contributed by atoms with Crippen LogP contribution in [0.4, 0.5) is 5.82 Å². The van der Waals surface area contributed by atoms with E-state index in [-0.39, 0.29) is 11.3 Å². The molecule has 0 bridgehead atoms. The molecule has 2 rings (SSSR count). The summed E-state index contributed by atoms with van der Waals surface area (Å²) in [5.41, 5.74) is 0.748. The van der Waals surface area contributed by atoms with Crippen LogP contribution in [0.5, 0.6) is 0 Å². The predicted octanol–water partition coefficient (Wildman–Crippen LogP) is 2.62. The van der Waals surface area contributed by atoms with Crippen molar-refractivity contribution in [2.24, 2.45) is 0 Å². The molecule has 2 aromatic rings. The van der Waals surface area contributed by atoms with Crippen LogP contribution in [0, 0.1) is 6.92 Å². The van der Waals surface area contributed by atoms with E-state index in [1.165, 1.54) is 11.3 Å². The molecule has 114 valence electrons. The molecule has 1 unspecified atom stereocenters. The van der Waals surface area contributed by atoms with E-state index in [4.69, 9.17) is 16.3 Å². The van der Waals surface area contributed by atoms with Gasteiger partial charge in [0.2, 0.25) is 5.28 Å². The summed E-state index contributed by atoms with van der Waals surface area (Å²) in [6, 6.07) is 0. The molecule has 0 aliphatic rings. The first kappa shape index (κ1) is 15.9. The van der Waals surface area contributed by atoms with Gasteiger partial charge in [0.15, 0.2) is 0 Å². The van der Waals surface area contributed by atoms with Gasteiger partial charge in [-0.05, 0) is 37.9 Å². The predicted molar refractivity (Wildman–Crippen MR) is 83.3 cm³/mol. The molecule has 8 heteroatoms. The first-order valence-corrected chi connectivity index (χ1v) is 7.69. The summed E-state index contributed by atoms with van der Waals surface area (Å²) in [7, 11) is 0. The van der Waals surface area contributed by atoms with E-state index in [1.807, 2.05) is 6.92 Å². The molecule has 0 saturated carbocycles. The normalized spacial score (nSPS) is 12.4. The highest BCUT2D eigenvalue weighted by molar-refractivity contribution is 7.20. The minimum atomic E-state index is -0.530. The Bertz CT molecular complexity index is 672. The van der Waals surface area contributed by atoms with E-state index in [2.05, 4.69) is 15.3 Å². The third-order valence-corrected chi connectivity index (χ3v) is 4.12. The molecule has 0 aliphatic carbocycles. The molecule has 0 saturated heterocycles. The van der Waals surface area contributed by atoms with E-state index < -0.39 is 6.10 Å². The van der Waals surface area contributed by atoms with Gasteiger partial charge in [-0.1, -0.05) is 0 Å². The Morgan fingerprint density at radius 2 is 2.24 bits per heavy atom. The van der Waals surface area contributed by atoms with Crippen LogP contribution < -0.4 is 5.32 Å². The van der Waals surface area contributed by atoms with Gasteiger partial charge in [-0.3, -0.25) is 0 Å². The number of carbonyl (C=O) groups is 1. The van der Waals surface area contributed by atoms with Gasteiger partial charge in [0.05, 0.1) is 18.1 Å². The second kappa shape index (κ2) is 6.55. The molecule has 6 nitrogen and oxygen atoms in total. The number of anilines is 1. The molecule has 21 heavy (non-hydrogen) atoms. The number of nitrogens with zero attached hydrogens (tertiary/aromatic N) is 2. The second-order valence-corrected chi connectivity index (χ2v) is 5.87. The number of halogens is 1. The number of fused-ring (bicyclic) bond motifs is 1. The molecule has 2 N–H and O–H groups in total. The highest BCUT2D eigenvalue weighted by Gasteiger charge is 2.21. The Hall–Kier alpha value is -1.44. The first-order valence-electron chi connectivity index (χ1n) is 6.49. The van der Waals surface area contributed by atoms with E-state index >= 15 is 0 Å². The van der Waals surface area contributed by atoms with Crippen LogP contribution >= 0.6 is 22.9 Å². The fraction of sp³-hybridized carbons (Fsp3) is 0.462. The Morgan fingerprint density at radius 3 is 2.86 bits per heavy atom. The lowest BCUT2D eigenvalue weighted by Gasteiger charge is -2.09. The summed E-state index contributed by atoms with van der Waals surface area (Å²) >= 11 is 7.13. The lowest BCUT2D eigenvalue weighted by Crippen LogP contribution is -2.16. The number of nitrogens with one attached hydrogen (secondary N) is 1. The maximum Gasteiger partial charge on any atom is 0.348 e. The van der Waals surface area contributed by atoms with Crippen LogP contribution in [-0.2, 0) is 4.74 Å². The second-order valence-electron chi connectivity index (χ2n) is 4.53. The van der Waals surface area contributed by atoms with Crippen LogP contribution in [0.2, 0.25) is 5.28 Å². The molecular weight excluding hydrogens is 314 g/mol. The molecular formula is C13H16ClN3O3S. The number of aliphatic hydroxyl groups excluding tert-OH is 1. The molecule has 0 spiro atoms. The molecule has 0 amide bonds. The number of rotatable bonds is 5. The number of ether oxygens (including phenoxy) is 1. The van der Waals surface area contributed by atoms with Crippen LogP contribution in [0.25, 0.3) is 10.2 Å². The Labute approximate surface area is 131 Å². The van der Waals surface area contributed by atoms with Crippen molar-refractivity contribution in [1.29, 1.82) is 0 Å². The molecule has 2 heterocycles. The van der Waals surface area contributed by atoms with Gasteiger partial charge in [0.25, 0.3) is 0 Å². The molecule has 0 aliphatic heterocycles. The van der Waals surface area contributed by atoms with E-state index in [0.29, 0.717) is 28.7 Å². The number of hydrogen-bond acceptors (Lipinski definition) is 7. The summed E-state index contributed by atoms with van der Waals surface area (Å²) in [5, 5.41) is 13.2. The number of aryl methyl sites for hydroxylation is 1. The number of aromatic nitrogens is 2. The fourth-order valence-corrected chi connectivity index (χ4v) is 3.17. The maximum atomic E-state index is 11.9. The standard InChI is InChI=1S/C13H16ClN3O3S/c1-4-20-12(19)9-7(3)8-10(15-5-6(2)18)16-13(14)17-11(8)21-9/h6,18H,4-5H2,1-3H3,(H,15,16,17). The smallest absolute Gasteiger partial charge is 0.348 e. The van der Waals surface area contributed by atoms with Gasteiger partial charge in [-0.15, -0.1) is 11.3 Å². The number of hydrogen-bond donors (Lipinski definition) is 2. The minimum absolute atomic E-state index is 0.0900. The van der Waals surface area contributed by atoms with E-state index in [1.54, 1.807) is 13.8 Å². The summed E-state index contributed by atoms with van der Waals surface area (Å²) in [6.45, 7) is 5.87. The lowest BCUT2D eigenvalue weighted by atomic mass is 10.2. The zero-order valence-electron chi connectivity index (χ0n) is 11.9. The molecule has 2 aromatic heterocycles. The van der Waals surface area contributed by atoms with Crippen molar-refractivity contribution in [3.8, 4) is 0 Å². The largest absolute Gasteiger partial charge is 0.462 e. The van der Waals surface area contributed by atoms with E-state index in [0.717, 1.165) is 10.9 Å². The van der Waals surface area contributed by atoms with Gasteiger partial charge in [-0.2, -0.15) is 0 Å². The van der Waals surface area contributed by atoms with Gasteiger partial charge >= 0.3 is 5.97 Å². The van der Waals surface area contributed by atoms with Crippen molar-refractivity contribution in [2.75, 3.05) is 18.5 Å². The first-order chi connectivity index (χ1) is 9.93. The SMILES string of the molecule is CCOC(=O)c1sc2nc(Cl)nc(NCC(C)O)c2c1C. The summed E-state index contributed by atoms with van der Waals surface area (Å²) in [5.74, 6) is 0.130. The third kappa shape index (κ3) is 3.42. The average Bonchev–Trinajstić information content (AvgIpc) is 2.73. The van der Waals surface area contributed by atoms with Gasteiger partial charge < -0.3 is 15.2 Å². The topological polar surface area (TPSA) is 84.3 Å². The third-order valence-electron chi connectivity index (χ3n) is 2.79. The Morgan fingerprint density at radius 1 is 1.52 bits per heavy atom. The number of esters is 1. The highest BCUT2D eigenvalue weighted by Crippen LogP contribution is 2.35. The van der Waals surface area contributed by atoms with Crippen molar-refractivity contribution < 1.29 is 14.6 Å². The summed E-state index contributed by atoms with van der Waals surface area (Å²) in [6.07, 6.45) is -0.530. The summed E-state index contributed by atoms with van der Waals surface area (Å²) in [4.78, 5) is 21.3. The highest BCUT2D eigenvalue weighted by atomic mass is 35.5. The number of thiophene rings is 1. The average molecular weight is 330 g/mol. The van der Waals surface area contributed by atoms with Gasteiger partial charge in [-0.25, -0.2) is 14.8 Å². The number of aliphatic hydroxyl groups is 1. The molecule has 1 atom stereocenters. The van der Waals surface area contributed by atoms with Crippen molar-refractivity contribution in [1.82, 2.24) is 9.97 Å². The van der Waals surface area contributed by atoms with Gasteiger partial charge in [0, 0.05) is 6.54 Å². The Balaban J connectivity index is 2.51. The van der Waals surface area contributed by atoms with Gasteiger partial charge in [0.1, 0.15) is 15.5 Å². The fourth-order valence-electron chi connectivity index (χ4n) is 1.88. The van der Waals surface area contributed by atoms with Crippen molar-refractivity contribution in [2.45, 2.75) is 26.9 Å². The monoisotopic (exact) mass is 329 g/mol. The van der Waals surface area contributed by atoms with Crippen LogP contribution in [0.1, 0.15) is 29.1 Å². The summed E-state index contributed by atoms with van der Waals surface area (Å²) < 4.78 is 5.04. The minimum Gasteiger partial charge on any atom is -0.462 e. The van der Waals surface area contributed by atoms with Crippen LogP contribution in [0.15, 0.2) is 0 Å². The number of carbonyl (C=O) groups excluding carboxylic acids is 1. The molecule has 0 radical (unpaired) electrons. The molecule has 0 aromatic carbocycles. The van der Waals surface area contributed by atoms with Crippen LogP contribution in [-0.4, -0.2) is 40.3 Å². The lowest BCUT2D eigenvalue weighted by molar-refractivity contribution is 0.0531. The van der Waals surface area contributed by atoms with E-state index in [9.17, 15) is 9.90 Å². The maximum absolute atomic E-state index is 11.9. The zero-order valence-corrected chi connectivity index (χ0v) is 13.5. The quantitative estimate of drug-likeness (QED) is 0.648. The van der Waals surface area contributed by atoms with Crippen LogP contribution in [0.3, 0.4) is 0 Å². The zero-order chi connectivity index (χ0) is 15.6.